The van der Waals surface area contributed by atoms with Gasteiger partial charge >= 0.3 is 0 Å². The second-order valence-electron chi connectivity index (χ2n) is 6.45. The van der Waals surface area contributed by atoms with Crippen molar-refractivity contribution in [2.75, 3.05) is 26.2 Å². The molecule has 1 aromatic rings. The van der Waals surface area contributed by atoms with Crippen LogP contribution in [0, 0.1) is 5.92 Å². The molecule has 23 heavy (non-hydrogen) atoms. The normalized spacial score (nSPS) is 18.8. The number of carbonyl (C=O) groups excluding carboxylic acids is 1. The molecule has 1 aliphatic heterocycles. The molecular formula is C18H26Cl2N2O. The van der Waals surface area contributed by atoms with Crippen LogP contribution in [0.4, 0.5) is 0 Å². The van der Waals surface area contributed by atoms with Crippen LogP contribution in [-0.4, -0.2) is 37.0 Å². The minimum Gasteiger partial charge on any atom is -0.356 e. The van der Waals surface area contributed by atoms with Crippen LogP contribution < -0.4 is 5.32 Å². The predicted octanol–water partition coefficient (Wildman–Crippen LogP) is 4.16. The average molecular weight is 357 g/mol. The highest BCUT2D eigenvalue weighted by Crippen LogP contribution is 2.25. The summed E-state index contributed by atoms with van der Waals surface area (Å²) in [5.41, 5.74) is 0.855. The van der Waals surface area contributed by atoms with E-state index >= 15 is 0 Å². The Morgan fingerprint density at radius 3 is 2.78 bits per heavy atom. The van der Waals surface area contributed by atoms with Crippen LogP contribution in [0.15, 0.2) is 18.2 Å². The smallest absolute Gasteiger partial charge is 0.220 e. The van der Waals surface area contributed by atoms with Crippen molar-refractivity contribution in [2.24, 2.45) is 5.92 Å². The summed E-state index contributed by atoms with van der Waals surface area (Å²) in [4.78, 5) is 14.4. The fourth-order valence-corrected chi connectivity index (χ4v) is 3.70. The number of piperidine rings is 1. The zero-order chi connectivity index (χ0) is 16.7. The molecule has 0 radical (unpaired) electrons. The Kier molecular flexibility index (Phi) is 7.68. The summed E-state index contributed by atoms with van der Waals surface area (Å²) in [6.07, 6.45) is 4.65. The molecule has 1 fully saturated rings. The number of likely N-dealkylation sites (tertiary alicyclic amines) is 1. The molecule has 1 amide bonds. The summed E-state index contributed by atoms with van der Waals surface area (Å²) in [6, 6.07) is 5.43. The van der Waals surface area contributed by atoms with Gasteiger partial charge in [-0.1, -0.05) is 36.2 Å². The van der Waals surface area contributed by atoms with Crippen LogP contribution in [0.3, 0.4) is 0 Å². The van der Waals surface area contributed by atoms with Crippen molar-refractivity contribution in [1.29, 1.82) is 0 Å². The topological polar surface area (TPSA) is 32.3 Å². The first-order chi connectivity index (χ1) is 11.1. The Morgan fingerprint density at radius 2 is 2.09 bits per heavy atom. The fraction of sp³-hybridized carbons (Fsp3) is 0.611. The summed E-state index contributed by atoms with van der Waals surface area (Å²) in [7, 11) is 0. The van der Waals surface area contributed by atoms with Crippen LogP contribution in [0.1, 0.15) is 38.2 Å². The first-order valence-corrected chi connectivity index (χ1v) is 9.24. The number of nitrogens with zero attached hydrogens (tertiary/aromatic N) is 1. The molecule has 0 spiro atoms. The van der Waals surface area contributed by atoms with E-state index in [-0.39, 0.29) is 5.91 Å². The molecule has 0 bridgehead atoms. The molecule has 0 aliphatic carbocycles. The molecule has 1 saturated heterocycles. The molecule has 1 aliphatic rings. The van der Waals surface area contributed by atoms with E-state index in [4.69, 9.17) is 23.2 Å². The molecule has 1 aromatic carbocycles. The highest BCUT2D eigenvalue weighted by Gasteiger charge is 2.15. The van der Waals surface area contributed by atoms with E-state index in [2.05, 4.69) is 17.1 Å². The maximum absolute atomic E-state index is 11.9. The SMILES string of the molecule is C[C@@H]1CCCN(CCCNC(=O)CCc2c(Cl)cccc2Cl)C1. The third-order valence-corrected chi connectivity index (χ3v) is 5.09. The number of carbonyl (C=O) groups is 1. The molecule has 1 heterocycles. The number of amides is 1. The van der Waals surface area contributed by atoms with E-state index in [1.807, 2.05) is 6.07 Å². The Hall–Kier alpha value is -0.770. The number of benzene rings is 1. The van der Waals surface area contributed by atoms with Crippen LogP contribution in [0.25, 0.3) is 0 Å². The van der Waals surface area contributed by atoms with Gasteiger partial charge in [0.25, 0.3) is 0 Å². The molecule has 1 atom stereocenters. The first-order valence-electron chi connectivity index (χ1n) is 8.48. The van der Waals surface area contributed by atoms with Gasteiger partial charge in [-0.25, -0.2) is 0 Å². The zero-order valence-electron chi connectivity index (χ0n) is 13.8. The van der Waals surface area contributed by atoms with Gasteiger partial charge in [-0.05, 0) is 62.4 Å². The highest BCUT2D eigenvalue weighted by atomic mass is 35.5. The number of rotatable bonds is 7. The van der Waals surface area contributed by atoms with Gasteiger partial charge in [-0.15, -0.1) is 0 Å². The van der Waals surface area contributed by atoms with Crippen LogP contribution in [0.2, 0.25) is 10.0 Å². The Labute approximate surface area is 149 Å². The molecule has 0 saturated carbocycles. The van der Waals surface area contributed by atoms with Crippen LogP contribution in [-0.2, 0) is 11.2 Å². The maximum atomic E-state index is 11.9. The van der Waals surface area contributed by atoms with E-state index < -0.39 is 0 Å². The van der Waals surface area contributed by atoms with E-state index in [9.17, 15) is 4.79 Å². The third kappa shape index (κ3) is 6.33. The minimum absolute atomic E-state index is 0.0630. The lowest BCUT2D eigenvalue weighted by Crippen LogP contribution is -2.36. The van der Waals surface area contributed by atoms with Crippen molar-refractivity contribution in [3.8, 4) is 0 Å². The van der Waals surface area contributed by atoms with E-state index in [0.29, 0.717) is 22.9 Å². The Bertz CT molecular complexity index is 501. The van der Waals surface area contributed by atoms with E-state index in [1.165, 1.54) is 25.9 Å². The van der Waals surface area contributed by atoms with Crippen molar-refractivity contribution in [2.45, 2.75) is 39.0 Å². The molecule has 3 nitrogen and oxygen atoms in total. The summed E-state index contributed by atoms with van der Waals surface area (Å²) in [5.74, 6) is 0.867. The van der Waals surface area contributed by atoms with Gasteiger partial charge in [0, 0.05) is 29.6 Å². The molecule has 5 heteroatoms. The molecular weight excluding hydrogens is 331 g/mol. The third-order valence-electron chi connectivity index (χ3n) is 4.38. The summed E-state index contributed by atoms with van der Waals surface area (Å²) < 4.78 is 0. The van der Waals surface area contributed by atoms with Crippen molar-refractivity contribution >= 4 is 29.1 Å². The molecule has 1 N–H and O–H groups in total. The van der Waals surface area contributed by atoms with Gasteiger partial charge in [0.2, 0.25) is 5.91 Å². The number of halogens is 2. The lowest BCUT2D eigenvalue weighted by atomic mass is 10.0. The summed E-state index contributed by atoms with van der Waals surface area (Å²) >= 11 is 12.2. The maximum Gasteiger partial charge on any atom is 0.220 e. The van der Waals surface area contributed by atoms with Crippen molar-refractivity contribution in [3.05, 3.63) is 33.8 Å². The van der Waals surface area contributed by atoms with Crippen LogP contribution >= 0.6 is 23.2 Å². The quantitative estimate of drug-likeness (QED) is 0.743. The van der Waals surface area contributed by atoms with Crippen molar-refractivity contribution in [3.63, 3.8) is 0 Å². The second-order valence-corrected chi connectivity index (χ2v) is 7.27. The van der Waals surface area contributed by atoms with Gasteiger partial charge < -0.3 is 10.2 Å². The number of hydrogen-bond donors (Lipinski definition) is 1. The summed E-state index contributed by atoms with van der Waals surface area (Å²) in [6.45, 7) is 6.51. The molecule has 2 rings (SSSR count). The van der Waals surface area contributed by atoms with E-state index in [1.54, 1.807) is 12.1 Å². The van der Waals surface area contributed by atoms with Crippen LogP contribution in [0.5, 0.6) is 0 Å². The summed E-state index contributed by atoms with van der Waals surface area (Å²) in [5, 5.41) is 4.25. The monoisotopic (exact) mass is 356 g/mol. The average Bonchev–Trinajstić information content (AvgIpc) is 2.51. The molecule has 0 unspecified atom stereocenters. The predicted molar refractivity (Wildman–Crippen MR) is 97.2 cm³/mol. The van der Waals surface area contributed by atoms with Crippen molar-refractivity contribution in [1.82, 2.24) is 10.2 Å². The Balaban J connectivity index is 1.62. The largest absolute Gasteiger partial charge is 0.356 e. The lowest BCUT2D eigenvalue weighted by molar-refractivity contribution is -0.121. The molecule has 128 valence electrons. The van der Waals surface area contributed by atoms with Gasteiger partial charge in [-0.2, -0.15) is 0 Å². The zero-order valence-corrected chi connectivity index (χ0v) is 15.3. The second kappa shape index (κ2) is 9.51. The van der Waals surface area contributed by atoms with Crippen molar-refractivity contribution < 1.29 is 4.79 Å². The lowest BCUT2D eigenvalue weighted by Gasteiger charge is -2.30. The van der Waals surface area contributed by atoms with Gasteiger partial charge in [0.15, 0.2) is 0 Å². The van der Waals surface area contributed by atoms with Gasteiger partial charge in [-0.3, -0.25) is 4.79 Å². The van der Waals surface area contributed by atoms with Gasteiger partial charge in [0.05, 0.1) is 0 Å². The highest BCUT2D eigenvalue weighted by molar-refractivity contribution is 6.36. The van der Waals surface area contributed by atoms with E-state index in [0.717, 1.165) is 31.0 Å². The molecule has 0 aromatic heterocycles. The minimum atomic E-state index is 0.0630. The fourth-order valence-electron chi connectivity index (χ4n) is 3.12. The first kappa shape index (κ1) is 18.6. The Morgan fingerprint density at radius 1 is 1.35 bits per heavy atom. The number of nitrogens with one attached hydrogen (secondary N) is 1. The standard InChI is InChI=1S/C18H26Cl2N2O/c1-14-5-3-11-22(13-14)12-4-10-21-18(23)9-8-15-16(19)6-2-7-17(15)20/h2,6-7,14H,3-5,8-13H2,1H3,(H,21,23)/t14-/m1/s1. The van der Waals surface area contributed by atoms with Gasteiger partial charge in [0.1, 0.15) is 0 Å². The number of hydrogen-bond acceptors (Lipinski definition) is 2.